The van der Waals surface area contributed by atoms with E-state index in [1.165, 1.54) is 6.33 Å². The molecule has 9 heteroatoms. The van der Waals surface area contributed by atoms with Crippen LogP contribution in [0.5, 0.6) is 0 Å². The Morgan fingerprint density at radius 1 is 1.06 bits per heavy atom. The Balaban J connectivity index is 1.22. The fraction of sp³-hybridized carbons (Fsp3) is 0.261. The van der Waals surface area contributed by atoms with Gasteiger partial charge in [-0.1, -0.05) is 12.1 Å². The molecular weight excluding hydrogens is 408 g/mol. The average Bonchev–Trinajstić information content (AvgIpc) is 3.50. The molecule has 1 saturated heterocycles. The number of anilines is 1. The quantitative estimate of drug-likeness (QED) is 0.343. The molecule has 0 aliphatic carbocycles. The van der Waals surface area contributed by atoms with Gasteiger partial charge in [-0.15, -0.1) is 0 Å². The predicted molar refractivity (Wildman–Crippen MR) is 120 cm³/mol. The van der Waals surface area contributed by atoms with Crippen molar-refractivity contribution in [2.45, 2.75) is 37.4 Å². The predicted octanol–water partition coefficient (Wildman–Crippen LogP) is 2.30. The van der Waals surface area contributed by atoms with Gasteiger partial charge in [-0.3, -0.25) is 0 Å². The number of nitrogens with zero attached hydrogens (tertiary/aromatic N) is 4. The average molecular weight is 430 g/mol. The highest BCUT2D eigenvalue weighted by Crippen LogP contribution is 2.34. The van der Waals surface area contributed by atoms with Gasteiger partial charge >= 0.3 is 0 Å². The highest BCUT2D eigenvalue weighted by Gasteiger charge is 2.43. The maximum absolute atomic E-state index is 10.7. The molecule has 9 nitrogen and oxygen atoms in total. The molecule has 1 fully saturated rings. The zero-order valence-electron chi connectivity index (χ0n) is 17.1. The van der Waals surface area contributed by atoms with E-state index in [4.69, 9.17) is 10.5 Å². The van der Waals surface area contributed by atoms with Gasteiger partial charge in [-0.05, 0) is 42.7 Å². The maximum Gasteiger partial charge on any atom is 0.164 e. The SMILES string of the molecule is Nc1ncnc2c1ccn2[C@@H]1O[C@H](CCc2ccc3cc4cc[nH]c4nc3c2)[C@@H](O)[C@H]1O. The second-order valence-electron chi connectivity index (χ2n) is 8.24. The molecule has 0 bridgehead atoms. The number of pyridine rings is 1. The summed E-state index contributed by atoms with van der Waals surface area (Å²) < 4.78 is 7.77. The van der Waals surface area contributed by atoms with Crippen molar-refractivity contribution in [3.8, 4) is 0 Å². The Labute approximate surface area is 182 Å². The zero-order chi connectivity index (χ0) is 21.8. The fourth-order valence-electron chi connectivity index (χ4n) is 4.54. The number of nitrogen functional groups attached to an aromatic ring is 1. The van der Waals surface area contributed by atoms with Gasteiger partial charge in [-0.2, -0.15) is 0 Å². The van der Waals surface area contributed by atoms with Crippen LogP contribution in [0.25, 0.3) is 33.0 Å². The largest absolute Gasteiger partial charge is 0.388 e. The first-order chi connectivity index (χ1) is 15.6. The summed E-state index contributed by atoms with van der Waals surface area (Å²) in [5, 5.41) is 24.1. The second kappa shape index (κ2) is 7.27. The highest BCUT2D eigenvalue weighted by atomic mass is 16.6. The maximum atomic E-state index is 10.7. The van der Waals surface area contributed by atoms with Gasteiger partial charge in [0.1, 0.15) is 35.6 Å². The minimum absolute atomic E-state index is 0.361. The molecule has 5 N–H and O–H groups in total. The molecule has 0 spiro atoms. The topological polar surface area (TPSA) is 135 Å². The molecular formula is C23H22N6O3. The van der Waals surface area contributed by atoms with Crippen LogP contribution in [0.3, 0.4) is 0 Å². The lowest BCUT2D eigenvalue weighted by Gasteiger charge is -2.17. The normalized spacial score (nSPS) is 23.6. The summed E-state index contributed by atoms with van der Waals surface area (Å²) in [7, 11) is 0. The van der Waals surface area contributed by atoms with Crippen LogP contribution in [-0.2, 0) is 11.2 Å². The number of aliphatic hydroxyl groups excluding tert-OH is 2. The number of aliphatic hydroxyl groups is 2. The minimum Gasteiger partial charge on any atom is -0.388 e. The molecule has 1 aliphatic heterocycles. The monoisotopic (exact) mass is 430 g/mol. The Bertz CT molecular complexity index is 1440. The number of rotatable bonds is 4. The molecule has 32 heavy (non-hydrogen) atoms. The number of nitrogens with two attached hydrogens (primary N) is 1. The fourth-order valence-corrected chi connectivity index (χ4v) is 4.54. The molecule has 5 aromatic rings. The molecule has 4 atom stereocenters. The number of aryl methyl sites for hydroxylation is 1. The number of fused-ring (bicyclic) bond motifs is 3. The van der Waals surface area contributed by atoms with Crippen molar-refractivity contribution in [3.63, 3.8) is 0 Å². The minimum atomic E-state index is -1.08. The number of nitrogens with one attached hydrogen (secondary N) is 1. The molecule has 4 aromatic heterocycles. The second-order valence-corrected chi connectivity index (χ2v) is 8.24. The first kappa shape index (κ1) is 19.2. The first-order valence-electron chi connectivity index (χ1n) is 10.5. The van der Waals surface area contributed by atoms with Gasteiger partial charge in [-0.25, -0.2) is 15.0 Å². The van der Waals surface area contributed by atoms with Crippen LogP contribution >= 0.6 is 0 Å². The van der Waals surface area contributed by atoms with E-state index in [0.717, 1.165) is 27.5 Å². The van der Waals surface area contributed by atoms with Crippen molar-refractivity contribution < 1.29 is 14.9 Å². The van der Waals surface area contributed by atoms with Crippen molar-refractivity contribution in [2.75, 3.05) is 5.73 Å². The summed E-state index contributed by atoms with van der Waals surface area (Å²) in [4.78, 5) is 16.1. The van der Waals surface area contributed by atoms with Gasteiger partial charge in [0.2, 0.25) is 0 Å². The molecule has 1 aliphatic rings. The molecule has 0 saturated carbocycles. The first-order valence-corrected chi connectivity index (χ1v) is 10.5. The number of aromatic amines is 1. The molecule has 162 valence electrons. The van der Waals surface area contributed by atoms with Crippen molar-refractivity contribution in [3.05, 3.63) is 60.7 Å². The van der Waals surface area contributed by atoms with E-state index in [1.54, 1.807) is 16.8 Å². The Morgan fingerprint density at radius 3 is 2.88 bits per heavy atom. The third-order valence-corrected chi connectivity index (χ3v) is 6.26. The van der Waals surface area contributed by atoms with Gasteiger partial charge in [0.05, 0.1) is 17.0 Å². The summed E-state index contributed by atoms with van der Waals surface area (Å²) in [6.07, 6.45) is 2.89. The van der Waals surface area contributed by atoms with Crippen LogP contribution in [-0.4, -0.2) is 53.0 Å². The molecule has 5 heterocycles. The Hall–Kier alpha value is -3.53. The van der Waals surface area contributed by atoms with Crippen molar-refractivity contribution in [2.24, 2.45) is 0 Å². The van der Waals surface area contributed by atoms with Gasteiger partial charge < -0.3 is 30.2 Å². The lowest BCUT2D eigenvalue weighted by molar-refractivity contribution is -0.0364. The van der Waals surface area contributed by atoms with E-state index in [-0.39, 0.29) is 0 Å². The van der Waals surface area contributed by atoms with Crippen LogP contribution in [0.4, 0.5) is 5.82 Å². The number of aromatic nitrogens is 5. The summed E-state index contributed by atoms with van der Waals surface area (Å²) in [5.41, 5.74) is 9.34. The van der Waals surface area contributed by atoms with E-state index < -0.39 is 24.5 Å². The number of hydrogen-bond donors (Lipinski definition) is 4. The van der Waals surface area contributed by atoms with Crippen LogP contribution in [0.1, 0.15) is 18.2 Å². The van der Waals surface area contributed by atoms with E-state index in [9.17, 15) is 10.2 Å². The molecule has 0 amide bonds. The molecule has 0 unspecified atom stereocenters. The zero-order valence-corrected chi connectivity index (χ0v) is 17.1. The van der Waals surface area contributed by atoms with Crippen molar-refractivity contribution >= 4 is 38.8 Å². The summed E-state index contributed by atoms with van der Waals surface area (Å²) in [5.74, 6) is 0.361. The number of H-pyrrole nitrogens is 1. The number of ether oxygens (including phenoxy) is 1. The smallest absolute Gasteiger partial charge is 0.164 e. The van der Waals surface area contributed by atoms with E-state index in [2.05, 4.69) is 44.2 Å². The third-order valence-electron chi connectivity index (χ3n) is 6.26. The summed E-state index contributed by atoms with van der Waals surface area (Å²) in [6, 6.07) is 12.1. The van der Waals surface area contributed by atoms with Crippen LogP contribution in [0, 0.1) is 0 Å². The van der Waals surface area contributed by atoms with Gasteiger partial charge in [0, 0.05) is 23.2 Å². The number of hydrogen-bond acceptors (Lipinski definition) is 7. The molecule has 1 aromatic carbocycles. The Kier molecular flexibility index (Phi) is 4.35. The Morgan fingerprint density at radius 2 is 1.97 bits per heavy atom. The molecule has 0 radical (unpaired) electrons. The summed E-state index contributed by atoms with van der Waals surface area (Å²) >= 11 is 0. The standard InChI is InChI=1S/C23H22N6O3/c24-20-15-6-8-29(22(15)27-11-26-20)23-19(31)18(30)17(32-23)4-2-12-1-3-13-10-14-5-7-25-21(14)28-16(13)9-12/h1,3,5-11,17-19,23,30-31H,2,4H2,(H,25,28)(H2,24,26,27)/t17-,18-,19-,23-/m1/s1. The van der Waals surface area contributed by atoms with Crippen LogP contribution in [0.2, 0.25) is 0 Å². The van der Waals surface area contributed by atoms with E-state index in [1.807, 2.05) is 12.3 Å². The van der Waals surface area contributed by atoms with Crippen molar-refractivity contribution in [1.29, 1.82) is 0 Å². The molecule has 6 rings (SSSR count). The van der Waals surface area contributed by atoms with Gasteiger partial charge in [0.25, 0.3) is 0 Å². The van der Waals surface area contributed by atoms with Crippen molar-refractivity contribution in [1.82, 2.24) is 24.5 Å². The van der Waals surface area contributed by atoms with E-state index >= 15 is 0 Å². The highest BCUT2D eigenvalue weighted by molar-refractivity contribution is 5.91. The lowest BCUT2D eigenvalue weighted by atomic mass is 10.0. The lowest BCUT2D eigenvalue weighted by Crippen LogP contribution is -2.31. The van der Waals surface area contributed by atoms with Crippen LogP contribution < -0.4 is 5.73 Å². The van der Waals surface area contributed by atoms with Crippen LogP contribution in [0.15, 0.2) is 55.1 Å². The third kappa shape index (κ3) is 3.01. The van der Waals surface area contributed by atoms with Gasteiger partial charge in [0.15, 0.2) is 6.23 Å². The number of benzene rings is 1. The summed E-state index contributed by atoms with van der Waals surface area (Å²) in [6.45, 7) is 0. The van der Waals surface area contributed by atoms with E-state index in [0.29, 0.717) is 29.7 Å².